The molecule has 0 fully saturated rings. The molecule has 0 spiro atoms. The van der Waals surface area contributed by atoms with Gasteiger partial charge >= 0.3 is 0 Å². The van der Waals surface area contributed by atoms with Crippen LogP contribution in [0.3, 0.4) is 0 Å². The fourth-order valence-electron chi connectivity index (χ4n) is 1.63. The lowest BCUT2D eigenvalue weighted by Gasteiger charge is -2.09. The third kappa shape index (κ3) is 1.86. The minimum Gasteiger partial charge on any atom is -0.495 e. The normalized spacial score (nSPS) is 11.6. The second-order valence-corrected chi connectivity index (χ2v) is 5.79. The summed E-state index contributed by atoms with van der Waals surface area (Å²) < 4.78 is 27.8. The molecule has 3 nitrogen and oxygen atoms in total. The number of benzene rings is 2. The molecule has 2 aromatic carbocycles. The van der Waals surface area contributed by atoms with Crippen molar-refractivity contribution in [3.63, 3.8) is 0 Å². The highest BCUT2D eigenvalue weighted by Crippen LogP contribution is 2.34. The Bertz CT molecular complexity index is 635. The number of hydrogen-bond acceptors (Lipinski definition) is 3. The van der Waals surface area contributed by atoms with Gasteiger partial charge in [0, 0.05) is 16.1 Å². The van der Waals surface area contributed by atoms with E-state index in [4.69, 9.17) is 15.4 Å². The first-order chi connectivity index (χ1) is 7.54. The van der Waals surface area contributed by atoms with Crippen LogP contribution in [0.4, 0.5) is 0 Å². The van der Waals surface area contributed by atoms with Crippen molar-refractivity contribution in [2.45, 2.75) is 4.90 Å². The summed E-state index contributed by atoms with van der Waals surface area (Å²) in [5.74, 6) is 0.285. The molecule has 84 valence electrons. The molecule has 0 amide bonds. The van der Waals surface area contributed by atoms with E-state index in [0.717, 1.165) is 10.8 Å². The molecule has 0 aliphatic heterocycles. The number of methoxy groups -OCH3 is 1. The first kappa shape index (κ1) is 11.2. The van der Waals surface area contributed by atoms with Crippen LogP contribution in [0.1, 0.15) is 0 Å². The maximum Gasteiger partial charge on any atom is 0.265 e. The molecule has 0 saturated heterocycles. The van der Waals surface area contributed by atoms with Gasteiger partial charge in [0.15, 0.2) is 0 Å². The monoisotopic (exact) mass is 256 g/mol. The number of fused-ring (bicyclic) bond motifs is 1. The second-order valence-electron chi connectivity index (χ2n) is 3.26. The van der Waals surface area contributed by atoms with Crippen molar-refractivity contribution in [2.75, 3.05) is 7.11 Å². The summed E-state index contributed by atoms with van der Waals surface area (Å²) in [5.41, 5.74) is 0. The van der Waals surface area contributed by atoms with E-state index in [2.05, 4.69) is 0 Å². The summed E-state index contributed by atoms with van der Waals surface area (Å²) in [5, 5.41) is 1.63. The van der Waals surface area contributed by atoms with E-state index in [1.54, 1.807) is 12.1 Å². The maximum absolute atomic E-state index is 11.3. The summed E-state index contributed by atoms with van der Waals surface area (Å²) in [6.45, 7) is 0. The Morgan fingerprint density at radius 2 is 1.81 bits per heavy atom. The average Bonchev–Trinajstić information content (AvgIpc) is 2.26. The average molecular weight is 257 g/mol. The van der Waals surface area contributed by atoms with Gasteiger partial charge in [-0.3, -0.25) is 0 Å². The largest absolute Gasteiger partial charge is 0.495 e. The van der Waals surface area contributed by atoms with Gasteiger partial charge in [0.05, 0.1) is 7.11 Å². The van der Waals surface area contributed by atoms with Gasteiger partial charge in [-0.25, -0.2) is 8.42 Å². The van der Waals surface area contributed by atoms with Gasteiger partial charge in [-0.1, -0.05) is 30.3 Å². The Kier molecular flexibility index (Phi) is 2.78. The maximum atomic E-state index is 11.3. The zero-order valence-corrected chi connectivity index (χ0v) is 10.0. The van der Waals surface area contributed by atoms with E-state index >= 15 is 0 Å². The Labute approximate surface area is 98.0 Å². The Morgan fingerprint density at radius 1 is 1.12 bits per heavy atom. The highest BCUT2D eigenvalue weighted by atomic mass is 35.7. The molecule has 2 rings (SSSR count). The molecule has 0 heterocycles. The fourth-order valence-corrected chi connectivity index (χ4v) is 2.64. The third-order valence-corrected chi connectivity index (χ3v) is 3.66. The fraction of sp³-hybridized carbons (Fsp3) is 0.0909. The Balaban J connectivity index is 2.89. The van der Waals surface area contributed by atoms with E-state index in [1.807, 2.05) is 18.2 Å². The summed E-state index contributed by atoms with van der Waals surface area (Å²) >= 11 is 0. The number of rotatable bonds is 2. The number of ether oxygens (including phenoxy) is 1. The second kappa shape index (κ2) is 3.96. The van der Waals surface area contributed by atoms with Crippen molar-refractivity contribution in [1.82, 2.24) is 0 Å². The molecule has 0 bridgehead atoms. The topological polar surface area (TPSA) is 43.4 Å². The molecular formula is C11H9ClO3S. The predicted molar refractivity (Wildman–Crippen MR) is 63.5 cm³/mol. The van der Waals surface area contributed by atoms with Gasteiger partial charge in [-0.2, -0.15) is 0 Å². The molecule has 0 N–H and O–H groups in total. The van der Waals surface area contributed by atoms with E-state index < -0.39 is 9.05 Å². The van der Waals surface area contributed by atoms with Crippen molar-refractivity contribution in [2.24, 2.45) is 0 Å². The lowest BCUT2D eigenvalue weighted by Crippen LogP contribution is -1.96. The van der Waals surface area contributed by atoms with Gasteiger partial charge in [-0.05, 0) is 11.5 Å². The van der Waals surface area contributed by atoms with E-state index in [-0.39, 0.29) is 10.6 Å². The van der Waals surface area contributed by atoms with Crippen LogP contribution in [0.25, 0.3) is 10.8 Å². The molecule has 0 aliphatic rings. The van der Waals surface area contributed by atoms with E-state index in [1.165, 1.54) is 13.2 Å². The van der Waals surface area contributed by atoms with Crippen LogP contribution >= 0.6 is 10.7 Å². The lowest BCUT2D eigenvalue weighted by atomic mass is 10.1. The van der Waals surface area contributed by atoms with Crippen molar-refractivity contribution >= 4 is 30.5 Å². The third-order valence-electron chi connectivity index (χ3n) is 2.31. The van der Waals surface area contributed by atoms with Gasteiger partial charge in [0.1, 0.15) is 10.6 Å². The molecule has 16 heavy (non-hydrogen) atoms. The summed E-state index contributed by atoms with van der Waals surface area (Å²) in [4.78, 5) is -0.00429. The molecule has 0 aromatic heterocycles. The number of halogens is 1. The van der Waals surface area contributed by atoms with Crippen LogP contribution in [-0.2, 0) is 9.05 Å². The van der Waals surface area contributed by atoms with E-state index in [0.29, 0.717) is 0 Å². The Hall–Kier alpha value is -1.26. The first-order valence-electron chi connectivity index (χ1n) is 4.54. The smallest absolute Gasteiger partial charge is 0.265 e. The molecule has 2 aromatic rings. The zero-order chi connectivity index (χ0) is 11.8. The van der Waals surface area contributed by atoms with Gasteiger partial charge in [0.25, 0.3) is 9.05 Å². The highest BCUT2D eigenvalue weighted by Gasteiger charge is 2.18. The van der Waals surface area contributed by atoms with Crippen LogP contribution in [0, 0.1) is 0 Å². The minimum atomic E-state index is -3.79. The van der Waals surface area contributed by atoms with Gasteiger partial charge in [0.2, 0.25) is 0 Å². The summed E-state index contributed by atoms with van der Waals surface area (Å²) in [6.07, 6.45) is 0. The molecule has 0 saturated carbocycles. The standard InChI is InChI=1S/C11H9ClO3S/c1-15-11-9-5-3-2-4-8(9)6-7-10(11)16(12,13)14/h2-7H,1H3. The molecular weight excluding hydrogens is 248 g/mol. The van der Waals surface area contributed by atoms with Crippen LogP contribution in [0.15, 0.2) is 41.3 Å². The molecule has 0 atom stereocenters. The SMILES string of the molecule is COc1c(S(=O)(=O)Cl)ccc2ccccc12. The van der Waals surface area contributed by atoms with Crippen LogP contribution in [0.5, 0.6) is 5.75 Å². The van der Waals surface area contributed by atoms with Crippen LogP contribution in [0.2, 0.25) is 0 Å². The molecule has 0 unspecified atom stereocenters. The van der Waals surface area contributed by atoms with Crippen molar-refractivity contribution in [3.05, 3.63) is 36.4 Å². The predicted octanol–water partition coefficient (Wildman–Crippen LogP) is 2.78. The van der Waals surface area contributed by atoms with Crippen LogP contribution < -0.4 is 4.74 Å². The first-order valence-corrected chi connectivity index (χ1v) is 6.85. The summed E-state index contributed by atoms with van der Waals surface area (Å²) in [7, 11) is 2.97. The van der Waals surface area contributed by atoms with Gasteiger partial charge < -0.3 is 4.74 Å². The van der Waals surface area contributed by atoms with Crippen LogP contribution in [-0.4, -0.2) is 15.5 Å². The summed E-state index contributed by atoms with van der Waals surface area (Å²) in [6, 6.07) is 10.5. The van der Waals surface area contributed by atoms with Crippen molar-refractivity contribution in [1.29, 1.82) is 0 Å². The van der Waals surface area contributed by atoms with Crippen molar-refractivity contribution < 1.29 is 13.2 Å². The quantitative estimate of drug-likeness (QED) is 0.776. The molecule has 0 aliphatic carbocycles. The van der Waals surface area contributed by atoms with Gasteiger partial charge in [-0.15, -0.1) is 0 Å². The lowest BCUT2D eigenvalue weighted by molar-refractivity contribution is 0.408. The molecule has 5 heteroatoms. The van der Waals surface area contributed by atoms with E-state index in [9.17, 15) is 8.42 Å². The highest BCUT2D eigenvalue weighted by molar-refractivity contribution is 8.13. The molecule has 0 radical (unpaired) electrons. The van der Waals surface area contributed by atoms with Crippen molar-refractivity contribution in [3.8, 4) is 5.75 Å². The minimum absolute atomic E-state index is 0.00429. The number of hydrogen-bond donors (Lipinski definition) is 0. The zero-order valence-electron chi connectivity index (χ0n) is 8.48. The Morgan fingerprint density at radius 3 is 2.44 bits per heavy atom.